The zero-order valence-corrected chi connectivity index (χ0v) is 27.6. The van der Waals surface area contributed by atoms with Gasteiger partial charge in [-0.3, -0.25) is 0 Å². The van der Waals surface area contributed by atoms with Gasteiger partial charge in [-0.15, -0.1) is 0 Å². The minimum Gasteiger partial charge on any atom is -0.508 e. The van der Waals surface area contributed by atoms with E-state index in [2.05, 4.69) is 41.3 Å². The van der Waals surface area contributed by atoms with E-state index in [1.807, 2.05) is 78.9 Å². The predicted octanol–water partition coefficient (Wildman–Crippen LogP) is 7.08. The van der Waals surface area contributed by atoms with E-state index in [9.17, 15) is 0 Å². The summed E-state index contributed by atoms with van der Waals surface area (Å²) in [4.78, 5) is 2.31. The lowest BCUT2D eigenvalue weighted by atomic mass is 9.88. The molecule has 5 aromatic carbocycles. The number of hydrogen-bond acceptors (Lipinski definition) is 8. The number of rotatable bonds is 5. The van der Waals surface area contributed by atoms with Gasteiger partial charge in [0.1, 0.15) is 17.2 Å². The molecule has 9 N–H and O–H groups in total. The van der Waals surface area contributed by atoms with Crippen LogP contribution in [-0.2, 0) is 17.6 Å². The van der Waals surface area contributed by atoms with Crippen LogP contribution in [0.1, 0.15) is 35.6 Å². The number of fused-ring (bicyclic) bond motifs is 1. The first-order chi connectivity index (χ1) is 23.4. The van der Waals surface area contributed by atoms with Gasteiger partial charge in [-0.2, -0.15) is 0 Å². The summed E-state index contributed by atoms with van der Waals surface area (Å²) in [6.45, 7) is 4.26. The van der Waals surface area contributed by atoms with Crippen molar-refractivity contribution < 1.29 is 14.6 Å². The first-order valence-corrected chi connectivity index (χ1v) is 16.5. The summed E-state index contributed by atoms with van der Waals surface area (Å²) in [5.41, 5.74) is 29.2. The third-order valence-corrected chi connectivity index (χ3v) is 7.91. The van der Waals surface area contributed by atoms with Gasteiger partial charge in [0.25, 0.3) is 0 Å². The van der Waals surface area contributed by atoms with E-state index in [4.69, 9.17) is 37.5 Å². The van der Waals surface area contributed by atoms with Gasteiger partial charge in [0, 0.05) is 36.2 Å². The smallest absolute Gasteiger partial charge is 0.127 e. The van der Waals surface area contributed by atoms with E-state index in [0.29, 0.717) is 18.3 Å². The molecule has 1 unspecified atom stereocenters. The van der Waals surface area contributed by atoms with Crippen molar-refractivity contribution in [2.75, 3.05) is 49.2 Å². The second kappa shape index (κ2) is 19.6. The summed E-state index contributed by atoms with van der Waals surface area (Å²) < 4.78 is 10.9. The molecule has 8 heteroatoms. The molecule has 0 bridgehead atoms. The van der Waals surface area contributed by atoms with Crippen molar-refractivity contribution in [3.05, 3.63) is 144 Å². The van der Waals surface area contributed by atoms with E-state index in [1.54, 1.807) is 12.1 Å². The number of phenols is 1. The minimum atomic E-state index is 0.292. The number of nitrogens with two attached hydrogens (primary N) is 4. The summed E-state index contributed by atoms with van der Waals surface area (Å²) in [5, 5.41) is 8.89. The molecular formula is C40H49N5O3. The Morgan fingerprint density at radius 3 is 1.92 bits per heavy atom. The SMILES string of the molecule is NC1CCCc2ccccc21.NCCc1ccc(O)cc1.Nc1ccc(N2CCOCC2)cc1.Nc1ccc(Oc2ccccc2)cc1. The number of ether oxygens (including phenoxy) is 2. The summed E-state index contributed by atoms with van der Waals surface area (Å²) >= 11 is 0. The van der Waals surface area contributed by atoms with E-state index in [-0.39, 0.29) is 0 Å². The monoisotopic (exact) mass is 647 g/mol. The van der Waals surface area contributed by atoms with Crippen LogP contribution in [-0.4, -0.2) is 38.0 Å². The molecule has 252 valence electrons. The number of nitrogens with zero attached hydrogens (tertiary/aromatic N) is 1. The second-order valence-corrected chi connectivity index (χ2v) is 11.6. The summed E-state index contributed by atoms with van der Waals surface area (Å²) in [6.07, 6.45) is 4.49. The molecule has 0 spiro atoms. The van der Waals surface area contributed by atoms with Crippen LogP contribution in [0.2, 0.25) is 0 Å². The molecule has 1 fully saturated rings. The summed E-state index contributed by atoms with van der Waals surface area (Å²) in [6, 6.07) is 40.9. The van der Waals surface area contributed by atoms with Gasteiger partial charge in [0.15, 0.2) is 0 Å². The Balaban J connectivity index is 0.000000146. The van der Waals surface area contributed by atoms with Gasteiger partial charge in [-0.05, 0) is 122 Å². The van der Waals surface area contributed by atoms with Crippen LogP contribution in [0.25, 0.3) is 0 Å². The van der Waals surface area contributed by atoms with Crippen molar-refractivity contribution in [3.63, 3.8) is 0 Å². The van der Waals surface area contributed by atoms with Crippen LogP contribution in [0, 0.1) is 0 Å². The van der Waals surface area contributed by atoms with Crippen LogP contribution in [0.4, 0.5) is 17.1 Å². The number of para-hydroxylation sites is 1. The van der Waals surface area contributed by atoms with Crippen molar-refractivity contribution in [3.8, 4) is 17.2 Å². The molecule has 1 aliphatic carbocycles. The third kappa shape index (κ3) is 12.3. The number of nitrogen functional groups attached to an aromatic ring is 2. The van der Waals surface area contributed by atoms with E-state index in [1.165, 1.54) is 35.2 Å². The molecule has 5 aromatic rings. The van der Waals surface area contributed by atoms with E-state index >= 15 is 0 Å². The Bertz CT molecular complexity index is 1590. The highest BCUT2D eigenvalue weighted by atomic mass is 16.5. The molecule has 0 aromatic heterocycles. The van der Waals surface area contributed by atoms with E-state index < -0.39 is 0 Å². The highest BCUT2D eigenvalue weighted by molar-refractivity contribution is 5.53. The van der Waals surface area contributed by atoms with Gasteiger partial charge < -0.3 is 42.4 Å². The largest absolute Gasteiger partial charge is 0.508 e. The molecular weight excluding hydrogens is 598 g/mol. The average Bonchev–Trinajstić information content (AvgIpc) is 3.13. The van der Waals surface area contributed by atoms with Crippen molar-refractivity contribution in [1.82, 2.24) is 0 Å². The van der Waals surface area contributed by atoms with Crippen molar-refractivity contribution >= 4 is 17.1 Å². The van der Waals surface area contributed by atoms with Gasteiger partial charge in [0.05, 0.1) is 13.2 Å². The first kappa shape index (κ1) is 35.8. The number of hydrogen-bond donors (Lipinski definition) is 5. The lowest BCUT2D eigenvalue weighted by molar-refractivity contribution is 0.122. The Kier molecular flexibility index (Phi) is 14.6. The molecule has 1 saturated heterocycles. The quantitative estimate of drug-likeness (QED) is 0.127. The third-order valence-electron chi connectivity index (χ3n) is 7.91. The Morgan fingerprint density at radius 2 is 1.29 bits per heavy atom. The Morgan fingerprint density at radius 1 is 0.708 bits per heavy atom. The summed E-state index contributed by atoms with van der Waals surface area (Å²) in [5.74, 6) is 1.93. The lowest BCUT2D eigenvalue weighted by Crippen LogP contribution is -2.36. The number of aromatic hydroxyl groups is 1. The number of aryl methyl sites for hydroxylation is 1. The number of phenolic OH excluding ortho intramolecular Hbond substituents is 1. The fourth-order valence-electron chi connectivity index (χ4n) is 5.29. The predicted molar refractivity (Wildman–Crippen MR) is 198 cm³/mol. The Labute approximate surface area is 284 Å². The minimum absolute atomic E-state index is 0.292. The average molecular weight is 648 g/mol. The Hall–Kier alpha value is -5.02. The molecule has 0 saturated carbocycles. The van der Waals surface area contributed by atoms with E-state index in [0.717, 1.165) is 62.0 Å². The highest BCUT2D eigenvalue weighted by Crippen LogP contribution is 2.27. The standard InChI is InChI=1S/C12H11NO.C10H14N2O.C10H13N.C8H11NO/c13-10-6-8-12(9-7-10)14-11-4-2-1-3-5-11;11-9-1-3-10(4-2-9)12-5-7-13-8-6-12;11-10-7-3-5-8-4-1-2-6-9(8)10;9-6-5-7-1-3-8(10)4-2-7/h1-9H,13H2;1-4H,5-8,11H2;1-2,4,6,10H,3,5,7,11H2;1-4,10H,5-6,9H2. The molecule has 7 rings (SSSR count). The lowest BCUT2D eigenvalue weighted by Gasteiger charge is -2.28. The number of morpholine rings is 1. The maximum absolute atomic E-state index is 8.89. The van der Waals surface area contributed by atoms with Gasteiger partial charge in [-0.1, -0.05) is 54.6 Å². The van der Waals surface area contributed by atoms with Crippen LogP contribution in [0.15, 0.2) is 127 Å². The molecule has 0 amide bonds. The maximum Gasteiger partial charge on any atom is 0.127 e. The number of anilines is 3. The van der Waals surface area contributed by atoms with Gasteiger partial charge in [-0.25, -0.2) is 0 Å². The second-order valence-electron chi connectivity index (χ2n) is 11.6. The fraction of sp³-hybridized carbons (Fsp3) is 0.250. The van der Waals surface area contributed by atoms with Crippen molar-refractivity contribution in [2.24, 2.45) is 11.5 Å². The molecule has 1 aliphatic heterocycles. The van der Waals surface area contributed by atoms with Crippen LogP contribution >= 0.6 is 0 Å². The van der Waals surface area contributed by atoms with Crippen LogP contribution in [0.5, 0.6) is 17.2 Å². The molecule has 8 nitrogen and oxygen atoms in total. The fourth-order valence-corrected chi connectivity index (χ4v) is 5.29. The molecule has 1 atom stereocenters. The van der Waals surface area contributed by atoms with Crippen molar-refractivity contribution in [2.45, 2.75) is 31.7 Å². The maximum atomic E-state index is 8.89. The molecule has 1 heterocycles. The van der Waals surface area contributed by atoms with Gasteiger partial charge in [0.2, 0.25) is 0 Å². The highest BCUT2D eigenvalue weighted by Gasteiger charge is 2.15. The zero-order chi connectivity index (χ0) is 34.0. The topological polar surface area (TPSA) is 146 Å². The van der Waals surface area contributed by atoms with Crippen molar-refractivity contribution in [1.29, 1.82) is 0 Å². The molecule has 0 radical (unpaired) electrons. The van der Waals surface area contributed by atoms with Crippen LogP contribution in [0.3, 0.4) is 0 Å². The summed E-state index contributed by atoms with van der Waals surface area (Å²) in [7, 11) is 0. The normalized spacial score (nSPS) is 14.8. The zero-order valence-electron chi connectivity index (χ0n) is 27.6. The number of benzene rings is 5. The molecule has 2 aliphatic rings. The first-order valence-electron chi connectivity index (χ1n) is 16.5. The van der Waals surface area contributed by atoms with Crippen LogP contribution < -0.4 is 32.6 Å². The molecule has 48 heavy (non-hydrogen) atoms. The van der Waals surface area contributed by atoms with Gasteiger partial charge >= 0.3 is 0 Å².